The van der Waals surface area contributed by atoms with Gasteiger partial charge in [0.1, 0.15) is 6.54 Å². The highest BCUT2D eigenvalue weighted by Gasteiger charge is 2.22. The molecule has 152 valence electrons. The number of hydrogen-bond donors (Lipinski definition) is 1. The van der Waals surface area contributed by atoms with Crippen molar-refractivity contribution in [2.24, 2.45) is 0 Å². The van der Waals surface area contributed by atoms with Gasteiger partial charge in [-0.25, -0.2) is 8.42 Å². The Bertz CT molecular complexity index is 995. The van der Waals surface area contributed by atoms with Gasteiger partial charge >= 0.3 is 0 Å². The summed E-state index contributed by atoms with van der Waals surface area (Å²) in [6.45, 7) is 7.72. The highest BCUT2D eigenvalue weighted by molar-refractivity contribution is 7.89. The van der Waals surface area contributed by atoms with Gasteiger partial charge < -0.3 is 9.88 Å². The first-order valence-electron chi connectivity index (χ1n) is 9.26. The van der Waals surface area contributed by atoms with Crippen LogP contribution in [-0.4, -0.2) is 36.3 Å². The quantitative estimate of drug-likeness (QED) is 0.728. The Kier molecular flexibility index (Phi) is 7.15. The lowest BCUT2D eigenvalue weighted by Gasteiger charge is -2.19. The summed E-state index contributed by atoms with van der Waals surface area (Å²) in [6.07, 6.45) is 1.23. The second kappa shape index (κ2) is 9.16. The van der Waals surface area contributed by atoms with E-state index in [0.717, 1.165) is 15.7 Å². The first kappa shape index (κ1) is 21.8. The van der Waals surface area contributed by atoms with Crippen LogP contribution in [0, 0.1) is 6.92 Å². The van der Waals surface area contributed by atoms with Crippen molar-refractivity contribution in [1.29, 1.82) is 0 Å². The lowest BCUT2D eigenvalue weighted by Crippen LogP contribution is -2.35. The van der Waals surface area contributed by atoms with Crippen LogP contribution in [0.1, 0.15) is 37.9 Å². The summed E-state index contributed by atoms with van der Waals surface area (Å²) in [6, 6.07) is 9.95. The lowest BCUT2D eigenvalue weighted by atomic mass is 10.0. The maximum absolute atomic E-state index is 12.7. The number of pyridine rings is 1. The molecular formula is C20H27N3O4S. The van der Waals surface area contributed by atoms with Crippen LogP contribution in [-0.2, 0) is 21.4 Å². The Labute approximate surface area is 166 Å². The standard InChI is InChI=1S/C20H27N3O4S/c1-5-23(6-2)28(26,27)17-11-12-20(25)22(13-17)14-19(24)21-16(4)18-10-8-7-9-15(18)3/h7-13,16H,5-6,14H2,1-4H3,(H,21,24)/t16-/m0/s1. The summed E-state index contributed by atoms with van der Waals surface area (Å²) in [5, 5.41) is 2.86. The van der Waals surface area contributed by atoms with Gasteiger partial charge in [0.25, 0.3) is 5.56 Å². The molecule has 1 aromatic carbocycles. The van der Waals surface area contributed by atoms with Crippen LogP contribution in [0.5, 0.6) is 0 Å². The van der Waals surface area contributed by atoms with E-state index < -0.39 is 15.6 Å². The number of nitrogens with zero attached hydrogens (tertiary/aromatic N) is 2. The molecule has 0 unspecified atom stereocenters. The van der Waals surface area contributed by atoms with E-state index >= 15 is 0 Å². The zero-order valence-corrected chi connectivity index (χ0v) is 17.5. The van der Waals surface area contributed by atoms with Crippen molar-refractivity contribution in [2.45, 2.75) is 45.2 Å². The van der Waals surface area contributed by atoms with E-state index in [-0.39, 0.29) is 23.4 Å². The number of rotatable bonds is 8. The Morgan fingerprint density at radius 2 is 1.79 bits per heavy atom. The molecule has 8 heteroatoms. The Morgan fingerprint density at radius 3 is 2.39 bits per heavy atom. The number of nitrogens with one attached hydrogen (secondary N) is 1. The van der Waals surface area contributed by atoms with Gasteiger partial charge in [0, 0.05) is 25.4 Å². The number of carbonyl (C=O) groups is 1. The van der Waals surface area contributed by atoms with Crippen LogP contribution < -0.4 is 10.9 Å². The second-order valence-electron chi connectivity index (χ2n) is 6.57. The molecule has 1 N–H and O–H groups in total. The van der Waals surface area contributed by atoms with Crippen molar-refractivity contribution in [1.82, 2.24) is 14.2 Å². The van der Waals surface area contributed by atoms with Gasteiger partial charge in [-0.05, 0) is 31.0 Å². The SMILES string of the molecule is CCN(CC)S(=O)(=O)c1ccc(=O)n(CC(=O)N[C@@H](C)c2ccccc2C)c1. The molecular weight excluding hydrogens is 378 g/mol. The predicted octanol–water partition coefficient (Wildman–Crippen LogP) is 2.06. The third-order valence-corrected chi connectivity index (χ3v) is 6.68. The Morgan fingerprint density at radius 1 is 1.14 bits per heavy atom. The molecule has 2 rings (SSSR count). The number of carbonyl (C=O) groups excluding carboxylic acids is 1. The topological polar surface area (TPSA) is 88.5 Å². The highest BCUT2D eigenvalue weighted by Crippen LogP contribution is 2.17. The molecule has 0 saturated heterocycles. The van der Waals surface area contributed by atoms with Crippen LogP contribution in [0.4, 0.5) is 0 Å². The minimum Gasteiger partial charge on any atom is -0.348 e. The second-order valence-corrected chi connectivity index (χ2v) is 8.50. The van der Waals surface area contributed by atoms with E-state index in [1.165, 1.54) is 22.6 Å². The zero-order valence-electron chi connectivity index (χ0n) is 16.7. The molecule has 1 heterocycles. The molecule has 2 aromatic rings. The molecule has 1 amide bonds. The van der Waals surface area contributed by atoms with Crippen molar-refractivity contribution in [2.75, 3.05) is 13.1 Å². The number of amides is 1. The predicted molar refractivity (Wildman–Crippen MR) is 109 cm³/mol. The molecule has 28 heavy (non-hydrogen) atoms. The average molecular weight is 406 g/mol. The van der Waals surface area contributed by atoms with Crippen molar-refractivity contribution in [3.63, 3.8) is 0 Å². The van der Waals surface area contributed by atoms with Gasteiger partial charge in [-0.3, -0.25) is 9.59 Å². The van der Waals surface area contributed by atoms with Crippen molar-refractivity contribution >= 4 is 15.9 Å². The van der Waals surface area contributed by atoms with Gasteiger partial charge in [0.15, 0.2) is 0 Å². The summed E-state index contributed by atoms with van der Waals surface area (Å²) in [5.41, 5.74) is 1.61. The molecule has 1 aromatic heterocycles. The fourth-order valence-electron chi connectivity index (χ4n) is 3.09. The van der Waals surface area contributed by atoms with Gasteiger partial charge in [-0.15, -0.1) is 0 Å². The maximum Gasteiger partial charge on any atom is 0.251 e. The minimum atomic E-state index is -3.71. The first-order valence-corrected chi connectivity index (χ1v) is 10.7. The van der Waals surface area contributed by atoms with Gasteiger partial charge in [0.2, 0.25) is 15.9 Å². The summed E-state index contributed by atoms with van der Waals surface area (Å²) < 4.78 is 27.7. The van der Waals surface area contributed by atoms with Gasteiger partial charge in [-0.2, -0.15) is 4.31 Å². The normalized spacial score (nSPS) is 12.8. The Balaban J connectivity index is 2.21. The van der Waals surface area contributed by atoms with E-state index in [2.05, 4.69) is 5.32 Å². The fraction of sp³-hybridized carbons (Fsp3) is 0.400. The molecule has 7 nitrogen and oxygen atoms in total. The van der Waals surface area contributed by atoms with Crippen LogP contribution >= 0.6 is 0 Å². The van der Waals surface area contributed by atoms with Crippen LogP contribution in [0.15, 0.2) is 52.3 Å². The number of sulfonamides is 1. The lowest BCUT2D eigenvalue weighted by molar-refractivity contribution is -0.122. The summed E-state index contributed by atoms with van der Waals surface area (Å²) in [7, 11) is -3.71. The highest BCUT2D eigenvalue weighted by atomic mass is 32.2. The molecule has 0 aliphatic rings. The zero-order chi connectivity index (χ0) is 20.9. The largest absolute Gasteiger partial charge is 0.348 e. The first-order chi connectivity index (χ1) is 13.2. The summed E-state index contributed by atoms with van der Waals surface area (Å²) >= 11 is 0. The van der Waals surface area contributed by atoms with Crippen molar-refractivity contribution in [3.05, 3.63) is 64.1 Å². The van der Waals surface area contributed by atoms with Crippen molar-refractivity contribution < 1.29 is 13.2 Å². The molecule has 0 bridgehead atoms. The van der Waals surface area contributed by atoms with E-state index in [9.17, 15) is 18.0 Å². The third kappa shape index (κ3) is 4.88. The number of aromatic nitrogens is 1. The molecule has 0 fully saturated rings. The van der Waals surface area contributed by atoms with Gasteiger partial charge in [-0.1, -0.05) is 38.1 Å². The van der Waals surface area contributed by atoms with E-state index in [0.29, 0.717) is 13.1 Å². The van der Waals surface area contributed by atoms with Crippen molar-refractivity contribution in [3.8, 4) is 0 Å². The molecule has 0 spiro atoms. The van der Waals surface area contributed by atoms with Crippen LogP contribution in [0.25, 0.3) is 0 Å². The Hall–Kier alpha value is -2.45. The fourth-order valence-corrected chi connectivity index (χ4v) is 4.57. The van der Waals surface area contributed by atoms with E-state index in [1.54, 1.807) is 13.8 Å². The molecule has 0 saturated carbocycles. The van der Waals surface area contributed by atoms with Crippen LogP contribution in [0.2, 0.25) is 0 Å². The number of benzene rings is 1. The maximum atomic E-state index is 12.7. The van der Waals surface area contributed by atoms with Crippen LogP contribution in [0.3, 0.4) is 0 Å². The number of aryl methyl sites for hydroxylation is 1. The smallest absolute Gasteiger partial charge is 0.251 e. The van der Waals surface area contributed by atoms with E-state index in [4.69, 9.17) is 0 Å². The third-order valence-electron chi connectivity index (χ3n) is 4.65. The average Bonchev–Trinajstić information content (AvgIpc) is 2.64. The summed E-state index contributed by atoms with van der Waals surface area (Å²) in [5.74, 6) is -0.366. The molecule has 0 aliphatic carbocycles. The molecule has 0 aliphatic heterocycles. The minimum absolute atomic E-state index is 0.00412. The van der Waals surface area contributed by atoms with Gasteiger partial charge in [0.05, 0.1) is 10.9 Å². The molecule has 0 radical (unpaired) electrons. The molecule has 1 atom stereocenters. The summed E-state index contributed by atoms with van der Waals surface area (Å²) in [4.78, 5) is 24.6. The monoisotopic (exact) mass is 405 g/mol. The van der Waals surface area contributed by atoms with E-state index in [1.807, 2.05) is 38.1 Å². The number of hydrogen-bond acceptors (Lipinski definition) is 4.